The first-order chi connectivity index (χ1) is 6.42. The number of anilines is 1. The van der Waals surface area contributed by atoms with Gasteiger partial charge in [-0.25, -0.2) is 0 Å². The van der Waals surface area contributed by atoms with Crippen LogP contribution in [0.25, 0.3) is 0 Å². The van der Waals surface area contributed by atoms with Crippen LogP contribution in [0.4, 0.5) is 5.69 Å². The fraction of sp³-hybridized carbons (Fsp3) is 0.444. The number of hydrogen-bond acceptors (Lipinski definition) is 4. The highest BCUT2D eigenvalue weighted by Crippen LogP contribution is 2.26. The lowest BCUT2D eigenvalue weighted by molar-refractivity contribution is -0.0467. The highest BCUT2D eigenvalue weighted by Gasteiger charge is 2.21. The van der Waals surface area contributed by atoms with Crippen LogP contribution in [0, 0.1) is 0 Å². The molecule has 0 spiro atoms. The van der Waals surface area contributed by atoms with Gasteiger partial charge >= 0.3 is 0 Å². The number of pyridine rings is 1. The van der Waals surface area contributed by atoms with Crippen LogP contribution in [0.3, 0.4) is 0 Å². The maximum Gasteiger partial charge on any atom is 0.203 e. The van der Waals surface area contributed by atoms with Crippen LogP contribution in [0.15, 0.2) is 18.3 Å². The Morgan fingerprint density at radius 3 is 2.92 bits per heavy atom. The van der Waals surface area contributed by atoms with Gasteiger partial charge in [-0.2, -0.15) is 0 Å². The summed E-state index contributed by atoms with van der Waals surface area (Å²) in [4.78, 5) is 4.22. The van der Waals surface area contributed by atoms with E-state index in [0.29, 0.717) is 13.2 Å². The van der Waals surface area contributed by atoms with Crippen LogP contribution in [0.1, 0.15) is 12.0 Å². The molecule has 70 valence electrons. The lowest BCUT2D eigenvalue weighted by Crippen LogP contribution is -2.05. The standard InChI is InChI=1S/C9H12N2O2/c1-10-7-3-2-4-11-8(7)9-12-5-6-13-9/h2-4,9-10H,5-6H2,1H3. The van der Waals surface area contributed by atoms with Crippen molar-refractivity contribution in [2.75, 3.05) is 25.6 Å². The molecule has 1 fully saturated rings. The fourth-order valence-corrected chi connectivity index (χ4v) is 1.33. The Morgan fingerprint density at radius 1 is 1.46 bits per heavy atom. The molecular formula is C9H12N2O2. The molecule has 2 heterocycles. The molecule has 0 atom stereocenters. The van der Waals surface area contributed by atoms with E-state index >= 15 is 0 Å². The first kappa shape index (κ1) is 8.47. The van der Waals surface area contributed by atoms with Crippen molar-refractivity contribution in [1.82, 2.24) is 4.98 Å². The van der Waals surface area contributed by atoms with Gasteiger partial charge in [0.25, 0.3) is 0 Å². The van der Waals surface area contributed by atoms with Gasteiger partial charge < -0.3 is 14.8 Å². The Hall–Kier alpha value is -1.13. The second-order valence-corrected chi connectivity index (χ2v) is 2.76. The van der Waals surface area contributed by atoms with E-state index in [-0.39, 0.29) is 6.29 Å². The molecule has 1 aromatic heterocycles. The quantitative estimate of drug-likeness (QED) is 0.741. The molecule has 1 aliphatic rings. The lowest BCUT2D eigenvalue weighted by atomic mass is 10.3. The molecule has 1 aliphatic heterocycles. The second kappa shape index (κ2) is 3.72. The Bertz CT molecular complexity index is 285. The molecule has 1 N–H and O–H groups in total. The summed E-state index contributed by atoms with van der Waals surface area (Å²) in [5.74, 6) is 0. The van der Waals surface area contributed by atoms with Crippen LogP contribution >= 0.6 is 0 Å². The maximum atomic E-state index is 5.36. The minimum Gasteiger partial charge on any atom is -0.386 e. The van der Waals surface area contributed by atoms with Crippen molar-refractivity contribution in [3.63, 3.8) is 0 Å². The summed E-state index contributed by atoms with van der Waals surface area (Å²) < 4.78 is 10.7. The zero-order valence-corrected chi connectivity index (χ0v) is 7.49. The Morgan fingerprint density at radius 2 is 2.23 bits per heavy atom. The summed E-state index contributed by atoms with van der Waals surface area (Å²) in [6.07, 6.45) is 1.44. The number of hydrogen-bond donors (Lipinski definition) is 1. The highest BCUT2D eigenvalue weighted by atomic mass is 16.7. The summed E-state index contributed by atoms with van der Waals surface area (Å²) in [7, 11) is 1.86. The van der Waals surface area contributed by atoms with Crippen molar-refractivity contribution >= 4 is 5.69 Å². The topological polar surface area (TPSA) is 43.4 Å². The SMILES string of the molecule is CNc1cccnc1C1OCCO1. The van der Waals surface area contributed by atoms with Gasteiger partial charge in [-0.15, -0.1) is 0 Å². The fourth-order valence-electron chi connectivity index (χ4n) is 1.33. The van der Waals surface area contributed by atoms with Crippen molar-refractivity contribution in [2.45, 2.75) is 6.29 Å². The summed E-state index contributed by atoms with van der Waals surface area (Å²) in [6, 6.07) is 3.83. The van der Waals surface area contributed by atoms with E-state index in [2.05, 4.69) is 10.3 Å². The zero-order valence-electron chi connectivity index (χ0n) is 7.49. The molecule has 2 rings (SSSR count). The van der Waals surface area contributed by atoms with Crippen LogP contribution in [0.2, 0.25) is 0 Å². The zero-order chi connectivity index (χ0) is 9.10. The van der Waals surface area contributed by atoms with E-state index in [1.807, 2.05) is 19.2 Å². The summed E-state index contributed by atoms with van der Waals surface area (Å²) >= 11 is 0. The molecule has 4 nitrogen and oxygen atoms in total. The third-order valence-electron chi connectivity index (χ3n) is 1.95. The average molecular weight is 180 g/mol. The smallest absolute Gasteiger partial charge is 0.203 e. The lowest BCUT2D eigenvalue weighted by Gasteiger charge is -2.12. The summed E-state index contributed by atoms with van der Waals surface area (Å²) in [6.45, 7) is 1.29. The van der Waals surface area contributed by atoms with Gasteiger partial charge in [0.05, 0.1) is 18.9 Å². The van der Waals surface area contributed by atoms with Gasteiger partial charge in [0.2, 0.25) is 6.29 Å². The van der Waals surface area contributed by atoms with Crippen LogP contribution in [-0.4, -0.2) is 25.2 Å². The van der Waals surface area contributed by atoms with Gasteiger partial charge in [0.1, 0.15) is 5.69 Å². The van der Waals surface area contributed by atoms with E-state index in [9.17, 15) is 0 Å². The minimum atomic E-state index is -0.302. The molecular weight excluding hydrogens is 168 g/mol. The van der Waals surface area contributed by atoms with Crippen LogP contribution < -0.4 is 5.32 Å². The Kier molecular flexibility index (Phi) is 2.42. The number of nitrogens with zero attached hydrogens (tertiary/aromatic N) is 1. The first-order valence-corrected chi connectivity index (χ1v) is 4.27. The summed E-state index contributed by atoms with van der Waals surface area (Å²) in [5, 5.41) is 3.05. The number of ether oxygens (including phenoxy) is 2. The molecule has 0 bridgehead atoms. The van der Waals surface area contributed by atoms with E-state index in [1.54, 1.807) is 6.20 Å². The first-order valence-electron chi connectivity index (χ1n) is 4.27. The predicted octanol–water partition coefficient (Wildman–Crippen LogP) is 1.17. The van der Waals surface area contributed by atoms with Crippen LogP contribution in [0.5, 0.6) is 0 Å². The Labute approximate surface area is 76.9 Å². The molecule has 0 radical (unpaired) electrons. The van der Waals surface area contributed by atoms with Crippen molar-refractivity contribution in [3.8, 4) is 0 Å². The second-order valence-electron chi connectivity index (χ2n) is 2.76. The highest BCUT2D eigenvalue weighted by molar-refractivity contribution is 5.47. The van der Waals surface area contributed by atoms with E-state index < -0.39 is 0 Å². The van der Waals surface area contributed by atoms with Gasteiger partial charge in [-0.1, -0.05) is 0 Å². The molecule has 0 aromatic carbocycles. The van der Waals surface area contributed by atoms with E-state index in [1.165, 1.54) is 0 Å². The van der Waals surface area contributed by atoms with Crippen molar-refractivity contribution < 1.29 is 9.47 Å². The van der Waals surface area contributed by atoms with Gasteiger partial charge in [0, 0.05) is 13.2 Å². The number of rotatable bonds is 2. The third kappa shape index (κ3) is 1.64. The van der Waals surface area contributed by atoms with E-state index in [0.717, 1.165) is 11.4 Å². The third-order valence-corrected chi connectivity index (χ3v) is 1.95. The molecule has 13 heavy (non-hydrogen) atoms. The van der Waals surface area contributed by atoms with Crippen molar-refractivity contribution in [1.29, 1.82) is 0 Å². The molecule has 1 aromatic rings. The largest absolute Gasteiger partial charge is 0.386 e. The average Bonchev–Trinajstić information content (AvgIpc) is 2.70. The molecule has 1 saturated heterocycles. The van der Waals surface area contributed by atoms with Gasteiger partial charge in [-0.05, 0) is 12.1 Å². The van der Waals surface area contributed by atoms with Crippen molar-refractivity contribution in [2.24, 2.45) is 0 Å². The monoisotopic (exact) mass is 180 g/mol. The summed E-state index contributed by atoms with van der Waals surface area (Å²) in [5.41, 5.74) is 1.77. The van der Waals surface area contributed by atoms with Crippen LogP contribution in [-0.2, 0) is 9.47 Å². The maximum absolute atomic E-state index is 5.36. The van der Waals surface area contributed by atoms with Crippen molar-refractivity contribution in [3.05, 3.63) is 24.0 Å². The number of aromatic nitrogens is 1. The molecule has 0 saturated carbocycles. The molecule has 0 unspecified atom stereocenters. The van der Waals surface area contributed by atoms with Gasteiger partial charge in [-0.3, -0.25) is 4.98 Å². The Balaban J connectivity index is 2.26. The normalized spacial score (nSPS) is 17.6. The van der Waals surface area contributed by atoms with E-state index in [4.69, 9.17) is 9.47 Å². The minimum absolute atomic E-state index is 0.302. The molecule has 0 amide bonds. The molecule has 4 heteroatoms. The number of nitrogens with one attached hydrogen (secondary N) is 1. The molecule has 0 aliphatic carbocycles. The predicted molar refractivity (Wildman–Crippen MR) is 48.4 cm³/mol. The van der Waals surface area contributed by atoms with Gasteiger partial charge in [0.15, 0.2) is 0 Å².